The lowest BCUT2D eigenvalue weighted by Crippen LogP contribution is -2.30. The molecule has 0 radical (unpaired) electrons. The second-order valence-corrected chi connectivity index (χ2v) is 6.84. The van der Waals surface area contributed by atoms with E-state index in [1.165, 1.54) is 19.3 Å². The smallest absolute Gasteiger partial charge is 0.162 e. The van der Waals surface area contributed by atoms with E-state index in [1.54, 1.807) is 0 Å². The molecule has 0 saturated carbocycles. The van der Waals surface area contributed by atoms with Gasteiger partial charge in [0, 0.05) is 25.1 Å². The summed E-state index contributed by atoms with van der Waals surface area (Å²) < 4.78 is 0. The Morgan fingerprint density at radius 3 is 2.62 bits per heavy atom. The summed E-state index contributed by atoms with van der Waals surface area (Å²) in [7, 11) is 0. The van der Waals surface area contributed by atoms with E-state index in [2.05, 4.69) is 16.0 Å². The van der Waals surface area contributed by atoms with Crippen molar-refractivity contribution in [2.75, 3.05) is 18.0 Å². The Bertz CT molecular complexity index is 945. The molecule has 4 rings (SSSR count). The van der Waals surface area contributed by atoms with Crippen LogP contribution in [0.15, 0.2) is 48.7 Å². The van der Waals surface area contributed by atoms with Crippen LogP contribution in [0.1, 0.15) is 43.0 Å². The Balaban J connectivity index is 1.71. The lowest BCUT2D eigenvalue weighted by atomic mass is 10.00. The van der Waals surface area contributed by atoms with Crippen molar-refractivity contribution < 1.29 is 4.79 Å². The molecule has 1 aromatic heterocycles. The number of fused-ring (bicyclic) bond motifs is 1. The first kappa shape index (κ1) is 16.7. The van der Waals surface area contributed by atoms with Gasteiger partial charge in [-0.05, 0) is 48.6 Å². The van der Waals surface area contributed by atoms with Gasteiger partial charge in [0.2, 0.25) is 0 Å². The molecular formula is C22H23N3O. The Kier molecular flexibility index (Phi) is 4.65. The number of nitrogens with zero attached hydrogens (tertiary/aromatic N) is 3. The Hall–Kier alpha value is -2.75. The van der Waals surface area contributed by atoms with Gasteiger partial charge in [0.05, 0.1) is 17.2 Å². The molecule has 1 saturated heterocycles. The fraction of sp³-hybridized carbons (Fsp3) is 0.318. The Morgan fingerprint density at radius 1 is 1.00 bits per heavy atom. The fourth-order valence-electron chi connectivity index (χ4n) is 3.53. The van der Waals surface area contributed by atoms with Crippen molar-refractivity contribution in [3.63, 3.8) is 0 Å². The van der Waals surface area contributed by atoms with Crippen LogP contribution in [0.4, 0.5) is 5.82 Å². The summed E-state index contributed by atoms with van der Waals surface area (Å²) >= 11 is 0. The molecule has 0 N–H and O–H groups in total. The number of aromatic nitrogens is 2. The highest BCUT2D eigenvalue weighted by molar-refractivity contribution is 5.97. The van der Waals surface area contributed by atoms with Gasteiger partial charge in [0.1, 0.15) is 5.82 Å². The summed E-state index contributed by atoms with van der Waals surface area (Å²) in [5.41, 5.74) is 4.66. The minimum absolute atomic E-state index is 0.166. The van der Waals surface area contributed by atoms with Gasteiger partial charge in [-0.25, -0.2) is 4.98 Å². The van der Waals surface area contributed by atoms with Crippen LogP contribution in [-0.2, 0) is 0 Å². The van der Waals surface area contributed by atoms with Crippen LogP contribution in [0, 0.1) is 0 Å². The highest BCUT2D eigenvalue weighted by Crippen LogP contribution is 2.26. The van der Waals surface area contributed by atoms with Crippen LogP contribution >= 0.6 is 0 Å². The van der Waals surface area contributed by atoms with Gasteiger partial charge in [-0.2, -0.15) is 0 Å². The average Bonchev–Trinajstić information content (AvgIpc) is 2.73. The highest BCUT2D eigenvalue weighted by atomic mass is 16.1. The van der Waals surface area contributed by atoms with Crippen molar-refractivity contribution in [2.24, 2.45) is 0 Å². The van der Waals surface area contributed by atoms with E-state index in [1.807, 2.05) is 49.5 Å². The van der Waals surface area contributed by atoms with Gasteiger partial charge in [0.25, 0.3) is 0 Å². The van der Waals surface area contributed by atoms with E-state index in [4.69, 9.17) is 4.98 Å². The lowest BCUT2D eigenvalue weighted by Gasteiger charge is -2.27. The van der Waals surface area contributed by atoms with E-state index in [0.717, 1.165) is 46.6 Å². The molecule has 132 valence electrons. The second kappa shape index (κ2) is 7.24. The molecular weight excluding hydrogens is 322 g/mol. The molecule has 3 aromatic rings. The molecule has 2 heterocycles. The number of benzene rings is 2. The molecule has 0 aliphatic carbocycles. The number of carbonyl (C=O) groups excluding carboxylic acids is 1. The summed E-state index contributed by atoms with van der Waals surface area (Å²) in [5, 5.41) is 0. The quantitative estimate of drug-likeness (QED) is 0.632. The number of hydrogen-bond donors (Lipinski definition) is 0. The van der Waals surface area contributed by atoms with Crippen LogP contribution in [-0.4, -0.2) is 28.8 Å². The molecule has 0 bridgehead atoms. The van der Waals surface area contributed by atoms with Gasteiger partial charge in [-0.15, -0.1) is 0 Å². The standard InChI is InChI=1S/C22H23N3O/c1-2-21(26)18-8-6-7-16(13-18)17-9-10-19-20(14-17)24-22(15-23-19)25-11-4-3-5-12-25/h6-10,13-15H,2-5,11-12H2,1H3. The van der Waals surface area contributed by atoms with E-state index >= 15 is 0 Å². The molecule has 4 nitrogen and oxygen atoms in total. The summed E-state index contributed by atoms with van der Waals surface area (Å²) in [5.74, 6) is 1.13. The maximum atomic E-state index is 12.0. The van der Waals surface area contributed by atoms with Crippen molar-refractivity contribution in [2.45, 2.75) is 32.6 Å². The normalized spacial score (nSPS) is 14.6. The first-order valence-corrected chi connectivity index (χ1v) is 9.40. The predicted octanol–water partition coefficient (Wildman–Crippen LogP) is 4.88. The third kappa shape index (κ3) is 3.32. The number of carbonyl (C=O) groups is 1. The summed E-state index contributed by atoms with van der Waals surface area (Å²) in [6.45, 7) is 4.00. The summed E-state index contributed by atoms with van der Waals surface area (Å²) in [6.07, 6.45) is 6.14. The first-order chi connectivity index (χ1) is 12.7. The topological polar surface area (TPSA) is 46.1 Å². The maximum absolute atomic E-state index is 12.0. The molecule has 2 aromatic carbocycles. The monoisotopic (exact) mass is 345 g/mol. The van der Waals surface area contributed by atoms with Crippen molar-refractivity contribution >= 4 is 22.6 Å². The average molecular weight is 345 g/mol. The minimum Gasteiger partial charge on any atom is -0.355 e. The molecule has 0 amide bonds. The fourth-order valence-corrected chi connectivity index (χ4v) is 3.53. The number of rotatable bonds is 4. The number of ketones is 1. The van der Waals surface area contributed by atoms with Gasteiger partial charge in [-0.3, -0.25) is 9.78 Å². The Labute approximate surface area is 153 Å². The van der Waals surface area contributed by atoms with Crippen molar-refractivity contribution in [3.05, 3.63) is 54.2 Å². The van der Waals surface area contributed by atoms with E-state index < -0.39 is 0 Å². The van der Waals surface area contributed by atoms with Crippen molar-refractivity contribution in [1.29, 1.82) is 0 Å². The van der Waals surface area contributed by atoms with Gasteiger partial charge < -0.3 is 4.90 Å². The SMILES string of the molecule is CCC(=O)c1cccc(-c2ccc3ncc(N4CCCCC4)nc3c2)c1. The zero-order valence-electron chi connectivity index (χ0n) is 15.1. The molecule has 0 unspecified atom stereocenters. The zero-order valence-corrected chi connectivity index (χ0v) is 15.1. The molecule has 26 heavy (non-hydrogen) atoms. The molecule has 0 spiro atoms. The van der Waals surface area contributed by atoms with Crippen LogP contribution in [0.3, 0.4) is 0 Å². The lowest BCUT2D eigenvalue weighted by molar-refractivity contribution is 0.0988. The van der Waals surface area contributed by atoms with E-state index in [9.17, 15) is 4.79 Å². The zero-order chi connectivity index (χ0) is 17.9. The third-order valence-electron chi connectivity index (χ3n) is 5.05. The molecule has 1 aliphatic heterocycles. The van der Waals surface area contributed by atoms with Gasteiger partial charge in [-0.1, -0.05) is 31.2 Å². The van der Waals surface area contributed by atoms with Crippen molar-refractivity contribution in [1.82, 2.24) is 9.97 Å². The molecule has 1 fully saturated rings. The minimum atomic E-state index is 0.166. The van der Waals surface area contributed by atoms with E-state index in [0.29, 0.717) is 6.42 Å². The summed E-state index contributed by atoms with van der Waals surface area (Å²) in [6, 6.07) is 14.0. The molecule has 0 atom stereocenters. The number of hydrogen-bond acceptors (Lipinski definition) is 4. The van der Waals surface area contributed by atoms with Crippen LogP contribution in [0.2, 0.25) is 0 Å². The number of anilines is 1. The maximum Gasteiger partial charge on any atom is 0.162 e. The number of piperidine rings is 1. The van der Waals surface area contributed by atoms with Crippen LogP contribution < -0.4 is 4.90 Å². The van der Waals surface area contributed by atoms with Crippen molar-refractivity contribution in [3.8, 4) is 11.1 Å². The first-order valence-electron chi connectivity index (χ1n) is 9.40. The second-order valence-electron chi connectivity index (χ2n) is 6.84. The molecule has 1 aliphatic rings. The largest absolute Gasteiger partial charge is 0.355 e. The third-order valence-corrected chi connectivity index (χ3v) is 5.05. The van der Waals surface area contributed by atoms with Gasteiger partial charge in [0.15, 0.2) is 5.78 Å². The van der Waals surface area contributed by atoms with E-state index in [-0.39, 0.29) is 5.78 Å². The molecule has 4 heteroatoms. The van der Waals surface area contributed by atoms with Gasteiger partial charge >= 0.3 is 0 Å². The summed E-state index contributed by atoms with van der Waals surface area (Å²) in [4.78, 5) is 23.8. The number of Topliss-reactive ketones (excluding diaryl/α,β-unsaturated/α-hetero) is 1. The van der Waals surface area contributed by atoms with Crippen LogP contribution in [0.5, 0.6) is 0 Å². The predicted molar refractivity (Wildman–Crippen MR) is 106 cm³/mol. The van der Waals surface area contributed by atoms with Crippen LogP contribution in [0.25, 0.3) is 22.2 Å². The Morgan fingerprint density at radius 2 is 1.81 bits per heavy atom. The highest BCUT2D eigenvalue weighted by Gasteiger charge is 2.13.